The molecule has 1 rings (SSSR count). The Labute approximate surface area is 128 Å². The average Bonchev–Trinajstić information content (AvgIpc) is 2.97. The maximum atomic E-state index is 12.3. The van der Waals surface area contributed by atoms with Gasteiger partial charge in [-0.05, 0) is 19.4 Å². The van der Waals surface area contributed by atoms with Crippen molar-refractivity contribution >= 4 is 11.8 Å². The number of nitrogens with zero attached hydrogens (tertiary/aromatic N) is 1. The largest absolute Gasteiger partial charge is 0.368 e. The molecule has 122 valence electrons. The first-order valence-electron chi connectivity index (χ1n) is 8.43. The molecule has 1 atom stereocenters. The SMILES string of the molecule is CCCCCCCCCC(=O)N(CC(N)=O)C1CCNC1. The highest BCUT2D eigenvalue weighted by Crippen LogP contribution is 2.13. The van der Waals surface area contributed by atoms with Gasteiger partial charge in [0.25, 0.3) is 0 Å². The third-order valence-electron chi connectivity index (χ3n) is 4.12. The van der Waals surface area contributed by atoms with Crippen LogP contribution in [0.1, 0.15) is 64.7 Å². The number of carbonyl (C=O) groups excluding carboxylic acids is 2. The average molecular weight is 297 g/mol. The molecule has 2 amide bonds. The van der Waals surface area contributed by atoms with Crippen LogP contribution in [-0.4, -0.2) is 42.4 Å². The molecule has 1 fully saturated rings. The molecule has 0 bridgehead atoms. The van der Waals surface area contributed by atoms with E-state index < -0.39 is 5.91 Å². The molecule has 21 heavy (non-hydrogen) atoms. The molecule has 1 unspecified atom stereocenters. The highest BCUT2D eigenvalue weighted by atomic mass is 16.2. The van der Waals surface area contributed by atoms with Gasteiger partial charge in [0, 0.05) is 19.0 Å². The zero-order chi connectivity index (χ0) is 15.5. The van der Waals surface area contributed by atoms with Crippen LogP contribution in [-0.2, 0) is 9.59 Å². The normalized spacial score (nSPS) is 17.9. The molecule has 1 aliphatic rings. The summed E-state index contributed by atoms with van der Waals surface area (Å²) in [5.74, 6) is -0.342. The predicted molar refractivity (Wildman–Crippen MR) is 84.8 cm³/mol. The minimum absolute atomic E-state index is 0.0572. The molecule has 0 spiro atoms. The second-order valence-electron chi connectivity index (χ2n) is 6.01. The molecule has 0 radical (unpaired) electrons. The summed E-state index contributed by atoms with van der Waals surface area (Å²) in [6.45, 7) is 3.95. The van der Waals surface area contributed by atoms with Gasteiger partial charge in [0.2, 0.25) is 11.8 Å². The van der Waals surface area contributed by atoms with Crippen LogP contribution >= 0.6 is 0 Å². The molecule has 0 aliphatic carbocycles. The van der Waals surface area contributed by atoms with Crippen LogP contribution in [0.25, 0.3) is 0 Å². The lowest BCUT2D eigenvalue weighted by Crippen LogP contribution is -2.46. The first kappa shape index (κ1) is 18.0. The van der Waals surface area contributed by atoms with E-state index in [1.165, 1.54) is 32.1 Å². The van der Waals surface area contributed by atoms with Gasteiger partial charge in [0.05, 0.1) is 6.54 Å². The molecule has 3 N–H and O–H groups in total. The van der Waals surface area contributed by atoms with Gasteiger partial charge in [0.1, 0.15) is 0 Å². The van der Waals surface area contributed by atoms with E-state index in [1.807, 2.05) is 0 Å². The number of amides is 2. The summed E-state index contributed by atoms with van der Waals surface area (Å²) in [5, 5.41) is 3.23. The number of nitrogens with one attached hydrogen (secondary N) is 1. The van der Waals surface area contributed by atoms with E-state index in [0.29, 0.717) is 6.42 Å². The standard InChI is InChI=1S/C16H31N3O2/c1-2-3-4-5-6-7-8-9-16(21)19(13-15(17)20)14-10-11-18-12-14/h14,18H,2-13H2,1H3,(H2,17,20). The number of primary amides is 1. The molecule has 0 aromatic carbocycles. The molecule has 1 saturated heterocycles. The van der Waals surface area contributed by atoms with Crippen LogP contribution in [0.2, 0.25) is 0 Å². The van der Waals surface area contributed by atoms with Crippen LogP contribution < -0.4 is 11.1 Å². The fourth-order valence-corrected chi connectivity index (χ4v) is 2.87. The van der Waals surface area contributed by atoms with Crippen molar-refractivity contribution in [2.45, 2.75) is 70.8 Å². The van der Waals surface area contributed by atoms with Crippen molar-refractivity contribution in [1.82, 2.24) is 10.2 Å². The lowest BCUT2D eigenvalue weighted by Gasteiger charge is -2.27. The molecular formula is C16H31N3O2. The Hall–Kier alpha value is -1.10. The van der Waals surface area contributed by atoms with E-state index in [2.05, 4.69) is 12.2 Å². The number of hydrogen-bond acceptors (Lipinski definition) is 3. The molecule has 0 saturated carbocycles. The maximum Gasteiger partial charge on any atom is 0.237 e. The molecule has 0 aromatic rings. The van der Waals surface area contributed by atoms with Crippen molar-refractivity contribution in [3.8, 4) is 0 Å². The second-order valence-corrected chi connectivity index (χ2v) is 6.01. The summed E-state index contributed by atoms with van der Waals surface area (Å²) >= 11 is 0. The quantitative estimate of drug-likeness (QED) is 0.571. The van der Waals surface area contributed by atoms with Crippen molar-refractivity contribution < 1.29 is 9.59 Å². The van der Waals surface area contributed by atoms with Crippen LogP contribution in [0.15, 0.2) is 0 Å². The number of hydrogen-bond donors (Lipinski definition) is 2. The monoisotopic (exact) mass is 297 g/mol. The third kappa shape index (κ3) is 7.46. The Morgan fingerprint density at radius 2 is 1.81 bits per heavy atom. The Kier molecular flexibility index (Phi) is 9.06. The highest BCUT2D eigenvalue weighted by molar-refractivity contribution is 5.84. The number of rotatable bonds is 11. The van der Waals surface area contributed by atoms with Gasteiger partial charge in [-0.1, -0.05) is 45.4 Å². The van der Waals surface area contributed by atoms with Crippen molar-refractivity contribution in [2.24, 2.45) is 5.73 Å². The Morgan fingerprint density at radius 3 is 2.38 bits per heavy atom. The molecule has 0 aromatic heterocycles. The van der Waals surface area contributed by atoms with Crippen LogP contribution in [0.5, 0.6) is 0 Å². The predicted octanol–water partition coefficient (Wildman–Crippen LogP) is 1.80. The summed E-state index contributed by atoms with van der Waals surface area (Å²) in [7, 11) is 0. The summed E-state index contributed by atoms with van der Waals surface area (Å²) < 4.78 is 0. The third-order valence-corrected chi connectivity index (χ3v) is 4.12. The van der Waals surface area contributed by atoms with Gasteiger partial charge in [-0.3, -0.25) is 9.59 Å². The van der Waals surface area contributed by atoms with E-state index in [0.717, 1.165) is 32.4 Å². The minimum Gasteiger partial charge on any atom is -0.368 e. The van der Waals surface area contributed by atoms with E-state index in [-0.39, 0.29) is 18.5 Å². The lowest BCUT2D eigenvalue weighted by atomic mass is 10.1. The van der Waals surface area contributed by atoms with Gasteiger partial charge in [-0.2, -0.15) is 0 Å². The van der Waals surface area contributed by atoms with Crippen LogP contribution in [0, 0.1) is 0 Å². The van der Waals surface area contributed by atoms with E-state index in [1.54, 1.807) is 4.90 Å². The molecule has 5 nitrogen and oxygen atoms in total. The molecule has 5 heteroatoms. The Bertz CT molecular complexity index is 315. The zero-order valence-corrected chi connectivity index (χ0v) is 13.4. The first-order valence-corrected chi connectivity index (χ1v) is 8.43. The zero-order valence-electron chi connectivity index (χ0n) is 13.4. The molecule has 1 aliphatic heterocycles. The van der Waals surface area contributed by atoms with Crippen molar-refractivity contribution in [1.29, 1.82) is 0 Å². The lowest BCUT2D eigenvalue weighted by molar-refractivity contribution is -0.137. The topological polar surface area (TPSA) is 75.4 Å². The first-order chi connectivity index (χ1) is 10.1. The fourth-order valence-electron chi connectivity index (χ4n) is 2.87. The Balaban J connectivity index is 2.23. The van der Waals surface area contributed by atoms with E-state index in [9.17, 15) is 9.59 Å². The van der Waals surface area contributed by atoms with Gasteiger partial charge in [0.15, 0.2) is 0 Å². The summed E-state index contributed by atoms with van der Waals surface area (Å²) in [5.41, 5.74) is 5.27. The van der Waals surface area contributed by atoms with E-state index in [4.69, 9.17) is 5.73 Å². The van der Waals surface area contributed by atoms with Crippen molar-refractivity contribution in [2.75, 3.05) is 19.6 Å². The number of carbonyl (C=O) groups is 2. The summed E-state index contributed by atoms with van der Waals surface area (Å²) in [6, 6.07) is 0.134. The Morgan fingerprint density at radius 1 is 1.14 bits per heavy atom. The van der Waals surface area contributed by atoms with Crippen LogP contribution in [0.4, 0.5) is 0 Å². The maximum absolute atomic E-state index is 12.3. The molecule has 1 heterocycles. The smallest absolute Gasteiger partial charge is 0.237 e. The molecular weight excluding hydrogens is 266 g/mol. The van der Waals surface area contributed by atoms with Crippen molar-refractivity contribution in [3.63, 3.8) is 0 Å². The second kappa shape index (κ2) is 10.6. The van der Waals surface area contributed by atoms with Gasteiger partial charge in [-0.15, -0.1) is 0 Å². The van der Waals surface area contributed by atoms with Gasteiger partial charge >= 0.3 is 0 Å². The van der Waals surface area contributed by atoms with Gasteiger partial charge < -0.3 is 16.0 Å². The highest BCUT2D eigenvalue weighted by Gasteiger charge is 2.27. The van der Waals surface area contributed by atoms with Crippen LogP contribution in [0.3, 0.4) is 0 Å². The fraction of sp³-hybridized carbons (Fsp3) is 0.875. The van der Waals surface area contributed by atoms with E-state index >= 15 is 0 Å². The number of unbranched alkanes of at least 4 members (excludes halogenated alkanes) is 6. The minimum atomic E-state index is -0.421. The summed E-state index contributed by atoms with van der Waals surface area (Å²) in [4.78, 5) is 25.1. The van der Waals surface area contributed by atoms with Crippen molar-refractivity contribution in [3.05, 3.63) is 0 Å². The summed E-state index contributed by atoms with van der Waals surface area (Å²) in [6.07, 6.45) is 9.80. The van der Waals surface area contributed by atoms with Gasteiger partial charge in [-0.25, -0.2) is 0 Å². The number of nitrogens with two attached hydrogens (primary N) is 1.